The van der Waals surface area contributed by atoms with Gasteiger partial charge in [0, 0.05) is 18.4 Å². The van der Waals surface area contributed by atoms with Crippen LogP contribution in [0.4, 0.5) is 20.6 Å². The number of rotatable bonds is 6. The van der Waals surface area contributed by atoms with Crippen LogP contribution in [0.5, 0.6) is 0 Å². The molecule has 0 unspecified atom stereocenters. The Morgan fingerprint density at radius 2 is 1.77 bits per heavy atom. The molecule has 3 rings (SSSR count). The van der Waals surface area contributed by atoms with Crippen molar-refractivity contribution in [1.82, 2.24) is 9.78 Å². The van der Waals surface area contributed by atoms with E-state index in [1.165, 1.54) is 23.2 Å². The van der Waals surface area contributed by atoms with Crippen molar-refractivity contribution in [3.8, 4) is 5.69 Å². The molecule has 0 bridgehead atoms. The molecule has 0 aliphatic carbocycles. The first-order chi connectivity index (χ1) is 14.8. The van der Waals surface area contributed by atoms with Crippen LogP contribution in [0.2, 0.25) is 0 Å². The average Bonchev–Trinajstić information content (AvgIpc) is 3.20. The Hall–Kier alpha value is -3.68. The molecule has 0 aliphatic rings. The topological polar surface area (TPSA) is 76.5 Å². The number of halogens is 1. The molecule has 3 aromatic rings. The second kappa shape index (κ2) is 9.42. The van der Waals surface area contributed by atoms with Crippen molar-refractivity contribution in [3.05, 3.63) is 71.8 Å². The van der Waals surface area contributed by atoms with Gasteiger partial charge in [0.15, 0.2) is 0 Å². The van der Waals surface area contributed by atoms with Crippen LogP contribution in [0.15, 0.2) is 54.7 Å². The molecule has 162 valence electrons. The first-order valence-corrected chi connectivity index (χ1v) is 9.97. The lowest BCUT2D eigenvalue weighted by Gasteiger charge is -2.17. The molecule has 8 heteroatoms. The van der Waals surface area contributed by atoms with Gasteiger partial charge in [-0.15, -0.1) is 0 Å². The van der Waals surface area contributed by atoms with E-state index in [4.69, 9.17) is 4.74 Å². The highest BCUT2D eigenvalue weighted by atomic mass is 19.1. The minimum atomic E-state index is -0.450. The third kappa shape index (κ3) is 4.91. The van der Waals surface area contributed by atoms with Gasteiger partial charge in [0.1, 0.15) is 5.82 Å². The van der Waals surface area contributed by atoms with Gasteiger partial charge in [-0.05, 0) is 61.4 Å². The number of aromatic nitrogens is 2. The Morgan fingerprint density at radius 3 is 2.35 bits per heavy atom. The number of benzene rings is 2. The van der Waals surface area contributed by atoms with Crippen molar-refractivity contribution >= 4 is 23.4 Å². The molecule has 2 amide bonds. The van der Waals surface area contributed by atoms with E-state index in [9.17, 15) is 14.0 Å². The summed E-state index contributed by atoms with van der Waals surface area (Å²) in [5.74, 6) is -0.630. The fourth-order valence-electron chi connectivity index (χ4n) is 3.17. The number of nitrogens with one attached hydrogen (secondary N) is 1. The monoisotopic (exact) mass is 424 g/mol. The zero-order chi connectivity index (χ0) is 22.5. The van der Waals surface area contributed by atoms with Gasteiger partial charge in [0.25, 0.3) is 5.91 Å². The van der Waals surface area contributed by atoms with E-state index >= 15 is 0 Å². The lowest BCUT2D eigenvalue weighted by atomic mass is 10.0. The molecule has 0 saturated heterocycles. The first-order valence-electron chi connectivity index (χ1n) is 9.97. The zero-order valence-corrected chi connectivity index (χ0v) is 17.9. The summed E-state index contributed by atoms with van der Waals surface area (Å²) in [5, 5.41) is 7.21. The molecule has 0 spiro atoms. The summed E-state index contributed by atoms with van der Waals surface area (Å²) in [6.07, 6.45) is 1.06. The summed E-state index contributed by atoms with van der Waals surface area (Å²) in [5.41, 5.74) is 3.06. The van der Waals surface area contributed by atoms with E-state index in [0.29, 0.717) is 29.2 Å². The summed E-state index contributed by atoms with van der Waals surface area (Å²) in [6, 6.07) is 12.8. The lowest BCUT2D eigenvalue weighted by Crippen LogP contribution is -2.26. The highest BCUT2D eigenvalue weighted by molar-refractivity contribution is 6.05. The van der Waals surface area contributed by atoms with Gasteiger partial charge in [-0.2, -0.15) is 5.10 Å². The minimum absolute atomic E-state index is 0.00825. The second-order valence-corrected chi connectivity index (χ2v) is 7.25. The zero-order valence-electron chi connectivity index (χ0n) is 17.9. The number of carbonyl (C=O) groups is 2. The number of carbonyl (C=O) groups excluding carboxylic acids is 2. The van der Waals surface area contributed by atoms with Crippen LogP contribution in [0.3, 0.4) is 0 Å². The van der Waals surface area contributed by atoms with E-state index in [1.54, 1.807) is 55.1 Å². The van der Waals surface area contributed by atoms with Crippen LogP contribution >= 0.6 is 0 Å². The van der Waals surface area contributed by atoms with Gasteiger partial charge >= 0.3 is 6.09 Å². The highest BCUT2D eigenvalue weighted by Gasteiger charge is 2.21. The number of hydrogen-bond donors (Lipinski definition) is 1. The maximum absolute atomic E-state index is 13.3. The normalized spacial score (nSPS) is 10.8. The fourth-order valence-corrected chi connectivity index (χ4v) is 3.17. The number of nitrogens with zero attached hydrogens (tertiary/aromatic N) is 3. The molecule has 1 aromatic heterocycles. The van der Waals surface area contributed by atoms with E-state index in [2.05, 4.69) is 10.4 Å². The number of anilines is 2. The molecule has 1 heterocycles. The van der Waals surface area contributed by atoms with Crippen molar-refractivity contribution in [2.45, 2.75) is 26.7 Å². The fraction of sp³-hybridized carbons (Fsp3) is 0.261. The number of ether oxygens (including phenoxy) is 1. The van der Waals surface area contributed by atoms with Crippen LogP contribution in [0, 0.1) is 5.82 Å². The van der Waals surface area contributed by atoms with Crippen molar-refractivity contribution in [3.63, 3.8) is 0 Å². The Morgan fingerprint density at radius 1 is 1.13 bits per heavy atom. The molecule has 2 aromatic carbocycles. The molecule has 0 fully saturated rings. The van der Waals surface area contributed by atoms with E-state index < -0.39 is 6.09 Å². The summed E-state index contributed by atoms with van der Waals surface area (Å²) in [4.78, 5) is 26.2. The number of amides is 2. The predicted octanol–water partition coefficient (Wildman–Crippen LogP) is 4.98. The van der Waals surface area contributed by atoms with E-state index in [0.717, 1.165) is 5.69 Å². The number of hydrogen-bond acceptors (Lipinski definition) is 4. The summed E-state index contributed by atoms with van der Waals surface area (Å²) >= 11 is 0. The van der Waals surface area contributed by atoms with Gasteiger partial charge in [0.05, 0.1) is 29.7 Å². The van der Waals surface area contributed by atoms with Gasteiger partial charge < -0.3 is 10.1 Å². The summed E-state index contributed by atoms with van der Waals surface area (Å²) < 4.78 is 19.9. The molecule has 0 aliphatic heterocycles. The average molecular weight is 424 g/mol. The molecule has 0 saturated carbocycles. The van der Waals surface area contributed by atoms with E-state index in [1.807, 2.05) is 13.8 Å². The Labute approximate surface area is 180 Å². The molecule has 1 N–H and O–H groups in total. The smallest absolute Gasteiger partial charge is 0.413 e. The maximum Gasteiger partial charge on any atom is 0.413 e. The quantitative estimate of drug-likeness (QED) is 0.605. The van der Waals surface area contributed by atoms with Gasteiger partial charge in [-0.3, -0.25) is 9.69 Å². The van der Waals surface area contributed by atoms with Crippen LogP contribution in [0.25, 0.3) is 5.69 Å². The van der Waals surface area contributed by atoms with Gasteiger partial charge in [-0.1, -0.05) is 13.8 Å². The van der Waals surface area contributed by atoms with Crippen molar-refractivity contribution in [2.24, 2.45) is 0 Å². The van der Waals surface area contributed by atoms with E-state index in [-0.39, 0.29) is 17.6 Å². The molecular formula is C23H25FN4O3. The van der Waals surface area contributed by atoms with Crippen LogP contribution in [-0.4, -0.2) is 35.4 Å². The van der Waals surface area contributed by atoms with Gasteiger partial charge in [0.2, 0.25) is 0 Å². The highest BCUT2D eigenvalue weighted by Crippen LogP contribution is 2.25. The third-order valence-corrected chi connectivity index (χ3v) is 4.72. The first kappa shape index (κ1) is 22.0. The van der Waals surface area contributed by atoms with Crippen LogP contribution in [-0.2, 0) is 4.74 Å². The Bertz CT molecular complexity index is 1060. The SMILES string of the molecule is CCOC(=O)N(C)c1ccc(NC(=O)c2cnn(-c3ccc(F)cc3)c2C(C)C)cc1. The van der Waals surface area contributed by atoms with Crippen LogP contribution < -0.4 is 10.2 Å². The van der Waals surface area contributed by atoms with Gasteiger partial charge in [-0.25, -0.2) is 13.9 Å². The molecule has 0 atom stereocenters. The molecular weight excluding hydrogens is 399 g/mol. The largest absolute Gasteiger partial charge is 0.449 e. The predicted molar refractivity (Wildman–Crippen MR) is 117 cm³/mol. The molecule has 31 heavy (non-hydrogen) atoms. The third-order valence-electron chi connectivity index (χ3n) is 4.72. The van der Waals surface area contributed by atoms with Crippen molar-refractivity contribution in [2.75, 3.05) is 23.9 Å². The van der Waals surface area contributed by atoms with Crippen molar-refractivity contribution < 1.29 is 18.7 Å². The standard InChI is InChI=1S/C23H25FN4O3/c1-5-31-23(30)27(4)18-12-8-17(9-13-18)26-22(29)20-14-25-28(21(20)15(2)3)19-10-6-16(24)7-11-19/h6-15H,5H2,1-4H3,(H,26,29). The minimum Gasteiger partial charge on any atom is -0.449 e. The maximum atomic E-state index is 13.3. The lowest BCUT2D eigenvalue weighted by molar-refractivity contribution is 0.102. The Balaban J connectivity index is 1.80. The van der Waals surface area contributed by atoms with Crippen molar-refractivity contribution in [1.29, 1.82) is 0 Å². The summed E-state index contributed by atoms with van der Waals surface area (Å²) in [6.45, 7) is 5.97. The molecule has 7 nitrogen and oxygen atoms in total. The Kier molecular flexibility index (Phi) is 6.69. The second-order valence-electron chi connectivity index (χ2n) is 7.25. The molecule has 0 radical (unpaired) electrons. The summed E-state index contributed by atoms with van der Waals surface area (Å²) in [7, 11) is 1.62. The van der Waals surface area contributed by atoms with Crippen LogP contribution in [0.1, 0.15) is 42.7 Å².